The molecule has 0 saturated carbocycles. The standard InChI is InChI=1S/C25H18I2O5/c1-2-6-20-23(24(29)15-9-16(26)11-17(27)10-15)18-12-19(28)22(13-21(18)31-20)32-25(30)14-7-4-3-5-8-14/h3-5,7-13,28H,2,6H2,1H3. The van der Waals surface area contributed by atoms with E-state index in [2.05, 4.69) is 45.2 Å². The molecule has 1 N–H and O–H groups in total. The average molecular weight is 652 g/mol. The molecule has 32 heavy (non-hydrogen) atoms. The summed E-state index contributed by atoms with van der Waals surface area (Å²) in [6.45, 7) is 2.00. The van der Waals surface area contributed by atoms with Crippen molar-refractivity contribution in [3.63, 3.8) is 0 Å². The van der Waals surface area contributed by atoms with E-state index in [9.17, 15) is 14.7 Å². The summed E-state index contributed by atoms with van der Waals surface area (Å²) in [5, 5.41) is 11.1. The number of benzene rings is 3. The van der Waals surface area contributed by atoms with E-state index in [4.69, 9.17) is 9.15 Å². The molecule has 3 aromatic carbocycles. The van der Waals surface area contributed by atoms with Crippen molar-refractivity contribution < 1.29 is 23.8 Å². The molecular weight excluding hydrogens is 634 g/mol. The Bertz CT molecular complexity index is 1310. The number of aromatic hydroxyl groups is 1. The Morgan fingerprint density at radius 1 is 0.969 bits per heavy atom. The molecule has 0 aliphatic carbocycles. The number of hydrogen-bond acceptors (Lipinski definition) is 5. The topological polar surface area (TPSA) is 76.7 Å². The zero-order valence-corrected chi connectivity index (χ0v) is 21.3. The summed E-state index contributed by atoms with van der Waals surface area (Å²) in [4.78, 5) is 25.9. The third-order valence-electron chi connectivity index (χ3n) is 4.88. The molecule has 0 saturated heterocycles. The lowest BCUT2D eigenvalue weighted by atomic mass is 9.98. The Labute approximate surface area is 212 Å². The van der Waals surface area contributed by atoms with E-state index in [-0.39, 0.29) is 17.3 Å². The van der Waals surface area contributed by atoms with Gasteiger partial charge in [0.1, 0.15) is 11.3 Å². The predicted molar refractivity (Wildman–Crippen MR) is 139 cm³/mol. The van der Waals surface area contributed by atoms with Crippen molar-refractivity contribution in [2.45, 2.75) is 19.8 Å². The molecular formula is C25H18I2O5. The molecule has 162 valence electrons. The number of fused-ring (bicyclic) bond motifs is 1. The minimum absolute atomic E-state index is 0.0223. The Balaban J connectivity index is 1.78. The summed E-state index contributed by atoms with van der Waals surface area (Å²) in [7, 11) is 0. The average Bonchev–Trinajstić information content (AvgIpc) is 3.10. The Morgan fingerprint density at radius 2 is 1.66 bits per heavy atom. The first-order valence-electron chi connectivity index (χ1n) is 9.93. The molecule has 5 nitrogen and oxygen atoms in total. The Morgan fingerprint density at radius 3 is 2.31 bits per heavy atom. The van der Waals surface area contributed by atoms with Crippen molar-refractivity contribution in [1.82, 2.24) is 0 Å². The second-order valence-corrected chi connectivity index (χ2v) is 9.70. The molecule has 0 fully saturated rings. The lowest BCUT2D eigenvalue weighted by Gasteiger charge is -2.07. The Hall–Kier alpha value is -2.40. The molecule has 0 aliphatic rings. The van der Waals surface area contributed by atoms with Gasteiger partial charge in [-0.05, 0) is 88.0 Å². The first-order chi connectivity index (χ1) is 15.4. The predicted octanol–water partition coefficient (Wildman–Crippen LogP) is 6.75. The molecule has 0 atom stereocenters. The van der Waals surface area contributed by atoms with Crippen molar-refractivity contribution in [3.8, 4) is 11.5 Å². The van der Waals surface area contributed by atoms with Gasteiger partial charge >= 0.3 is 5.97 Å². The van der Waals surface area contributed by atoms with Crippen LogP contribution in [0.5, 0.6) is 11.5 Å². The number of ether oxygens (including phenoxy) is 1. The monoisotopic (exact) mass is 652 g/mol. The maximum absolute atomic E-state index is 13.4. The highest BCUT2D eigenvalue weighted by Gasteiger charge is 2.24. The van der Waals surface area contributed by atoms with Crippen LogP contribution in [0.2, 0.25) is 0 Å². The fourth-order valence-electron chi connectivity index (χ4n) is 3.46. The number of phenolic OH excluding ortho intramolecular Hbond substituents is 1. The van der Waals surface area contributed by atoms with Gasteiger partial charge in [-0.15, -0.1) is 0 Å². The number of rotatable bonds is 6. The van der Waals surface area contributed by atoms with Gasteiger partial charge in [-0.2, -0.15) is 0 Å². The molecule has 0 amide bonds. The highest BCUT2D eigenvalue weighted by molar-refractivity contribution is 14.1. The number of hydrogen-bond donors (Lipinski definition) is 1. The van der Waals surface area contributed by atoms with E-state index in [0.717, 1.165) is 13.6 Å². The first kappa shape index (κ1) is 22.8. The van der Waals surface area contributed by atoms with Gasteiger partial charge in [0, 0.05) is 30.6 Å². The first-order valence-corrected chi connectivity index (χ1v) is 12.1. The zero-order chi connectivity index (χ0) is 22.8. The maximum Gasteiger partial charge on any atom is 0.343 e. The lowest BCUT2D eigenvalue weighted by molar-refractivity contribution is 0.0729. The van der Waals surface area contributed by atoms with E-state index in [1.807, 2.05) is 25.1 Å². The van der Waals surface area contributed by atoms with Gasteiger partial charge < -0.3 is 14.3 Å². The van der Waals surface area contributed by atoms with Crippen molar-refractivity contribution in [1.29, 1.82) is 0 Å². The largest absolute Gasteiger partial charge is 0.504 e. The summed E-state index contributed by atoms with van der Waals surface area (Å²) in [6, 6.07) is 17.0. The van der Waals surface area contributed by atoms with Crippen LogP contribution in [0.25, 0.3) is 11.0 Å². The van der Waals surface area contributed by atoms with Gasteiger partial charge in [0.05, 0.1) is 11.1 Å². The number of furan rings is 1. The van der Waals surface area contributed by atoms with Gasteiger partial charge in [0.15, 0.2) is 17.3 Å². The number of carbonyl (C=O) groups is 2. The third-order valence-corrected chi connectivity index (χ3v) is 6.13. The highest BCUT2D eigenvalue weighted by Crippen LogP contribution is 2.38. The smallest absolute Gasteiger partial charge is 0.343 e. The normalized spacial score (nSPS) is 11.0. The molecule has 1 aromatic heterocycles. The van der Waals surface area contributed by atoms with Gasteiger partial charge in [-0.1, -0.05) is 25.1 Å². The molecule has 0 radical (unpaired) electrons. The zero-order valence-electron chi connectivity index (χ0n) is 17.0. The quantitative estimate of drug-likeness (QED) is 0.108. The van der Waals surface area contributed by atoms with Crippen LogP contribution in [0.3, 0.4) is 0 Å². The number of esters is 1. The van der Waals surface area contributed by atoms with Crippen LogP contribution in [-0.4, -0.2) is 16.9 Å². The van der Waals surface area contributed by atoms with Crippen molar-refractivity contribution in [2.75, 3.05) is 0 Å². The summed E-state index contributed by atoms with van der Waals surface area (Å²) < 4.78 is 13.3. The number of carbonyl (C=O) groups excluding carboxylic acids is 2. The number of halogens is 2. The second-order valence-electron chi connectivity index (χ2n) is 7.21. The van der Waals surface area contributed by atoms with Crippen molar-refractivity contribution >= 4 is 67.9 Å². The molecule has 4 aromatic rings. The summed E-state index contributed by atoms with van der Waals surface area (Å²) in [6.07, 6.45) is 1.35. The van der Waals surface area contributed by atoms with Crippen molar-refractivity contribution in [2.24, 2.45) is 0 Å². The van der Waals surface area contributed by atoms with Gasteiger partial charge in [-0.25, -0.2) is 4.79 Å². The Kier molecular flexibility index (Phi) is 6.85. The van der Waals surface area contributed by atoms with Crippen LogP contribution in [0.1, 0.15) is 45.4 Å². The molecule has 0 spiro atoms. The van der Waals surface area contributed by atoms with Gasteiger partial charge in [0.25, 0.3) is 0 Å². The van der Waals surface area contributed by atoms with E-state index in [1.54, 1.807) is 30.3 Å². The summed E-state index contributed by atoms with van der Waals surface area (Å²) in [5.41, 5.74) is 1.73. The van der Waals surface area contributed by atoms with E-state index in [0.29, 0.717) is 39.8 Å². The third kappa shape index (κ3) is 4.68. The fourth-order valence-corrected chi connectivity index (χ4v) is 5.40. The van der Waals surface area contributed by atoms with Crippen LogP contribution in [0.15, 0.2) is 65.1 Å². The van der Waals surface area contributed by atoms with E-state index in [1.165, 1.54) is 12.1 Å². The molecule has 1 heterocycles. The number of phenols is 1. The number of aryl methyl sites for hydroxylation is 1. The van der Waals surface area contributed by atoms with Crippen LogP contribution in [0.4, 0.5) is 0 Å². The minimum Gasteiger partial charge on any atom is -0.504 e. The molecule has 4 rings (SSSR count). The summed E-state index contributed by atoms with van der Waals surface area (Å²) in [5.74, 6) is -0.474. The van der Waals surface area contributed by atoms with Gasteiger partial charge in [0.2, 0.25) is 0 Å². The van der Waals surface area contributed by atoms with Crippen LogP contribution in [0, 0.1) is 7.14 Å². The molecule has 0 unspecified atom stereocenters. The SMILES string of the molecule is CCCc1oc2cc(OC(=O)c3ccccc3)c(O)cc2c1C(=O)c1cc(I)cc(I)c1. The van der Waals surface area contributed by atoms with Crippen molar-refractivity contribution in [3.05, 3.63) is 90.3 Å². The number of ketones is 1. The molecule has 0 bridgehead atoms. The van der Waals surface area contributed by atoms with E-state index >= 15 is 0 Å². The fraction of sp³-hybridized carbons (Fsp3) is 0.120. The van der Waals surface area contributed by atoms with E-state index < -0.39 is 5.97 Å². The second kappa shape index (κ2) is 9.62. The molecule has 0 aliphatic heterocycles. The molecule has 7 heteroatoms. The van der Waals surface area contributed by atoms with Gasteiger partial charge in [-0.3, -0.25) is 4.79 Å². The summed E-state index contributed by atoms with van der Waals surface area (Å²) >= 11 is 4.36. The minimum atomic E-state index is -0.592. The maximum atomic E-state index is 13.4. The van der Waals surface area contributed by atoms with Crippen LogP contribution < -0.4 is 4.74 Å². The lowest BCUT2D eigenvalue weighted by Crippen LogP contribution is -2.08. The van der Waals surface area contributed by atoms with Crippen LogP contribution >= 0.6 is 45.2 Å². The highest BCUT2D eigenvalue weighted by atomic mass is 127. The van der Waals surface area contributed by atoms with Crippen LogP contribution in [-0.2, 0) is 6.42 Å².